The van der Waals surface area contributed by atoms with Crippen LogP contribution in [0.4, 0.5) is 0 Å². The smallest absolute Gasteiger partial charge is 0.255 e. The summed E-state index contributed by atoms with van der Waals surface area (Å²) in [7, 11) is -1.89. The van der Waals surface area contributed by atoms with Gasteiger partial charge < -0.3 is 4.90 Å². The molecule has 1 aromatic carbocycles. The van der Waals surface area contributed by atoms with Crippen LogP contribution in [0.5, 0.6) is 0 Å². The highest BCUT2D eigenvalue weighted by atomic mass is 32.2. The van der Waals surface area contributed by atoms with Crippen LogP contribution in [0.3, 0.4) is 0 Å². The van der Waals surface area contributed by atoms with Crippen LogP contribution in [-0.4, -0.2) is 69.7 Å². The number of nitrogens with one attached hydrogen (secondary N) is 1. The number of nitrogens with zero attached hydrogens (tertiary/aromatic N) is 5. The lowest BCUT2D eigenvalue weighted by atomic mass is 10.0. The maximum Gasteiger partial charge on any atom is 0.255 e. The minimum Gasteiger partial charge on any atom is -0.322 e. The molecule has 3 amide bonds. The van der Waals surface area contributed by atoms with Gasteiger partial charge in [-0.15, -0.1) is 5.10 Å². The molecule has 0 spiro atoms. The number of imide groups is 1. The molecule has 1 atom stereocenters. The first-order valence-electron chi connectivity index (χ1n) is 9.24. The van der Waals surface area contributed by atoms with Gasteiger partial charge in [-0.2, -0.15) is 4.31 Å². The Balaban J connectivity index is 1.54. The standard InChI is InChI=1S/C18H20N6O5S/c1-22(30(2,28)29)9-12-10-24(21-20-12)13-4-3-11-8-23(18(27)14(11)7-13)15-5-6-16(25)19-17(15)26/h3-4,7,10,15H,5-6,8-9H2,1-2H3,(H,19,25,26). The predicted molar refractivity (Wildman–Crippen MR) is 104 cm³/mol. The van der Waals surface area contributed by atoms with E-state index in [0.29, 0.717) is 29.9 Å². The molecule has 1 fully saturated rings. The number of carbonyl (C=O) groups excluding carboxylic acids is 3. The molecule has 1 unspecified atom stereocenters. The molecule has 0 saturated carbocycles. The number of fused-ring (bicyclic) bond motifs is 1. The van der Waals surface area contributed by atoms with Crippen molar-refractivity contribution >= 4 is 27.7 Å². The fourth-order valence-electron chi connectivity index (χ4n) is 3.53. The van der Waals surface area contributed by atoms with Crippen LogP contribution < -0.4 is 5.32 Å². The third-order valence-electron chi connectivity index (χ3n) is 5.27. The Morgan fingerprint density at radius 2 is 2.03 bits per heavy atom. The topological polar surface area (TPSA) is 135 Å². The van der Waals surface area contributed by atoms with Crippen LogP contribution in [0.1, 0.15) is 34.5 Å². The molecular formula is C18H20N6O5S. The number of sulfonamides is 1. The van der Waals surface area contributed by atoms with E-state index in [-0.39, 0.29) is 24.8 Å². The van der Waals surface area contributed by atoms with Crippen molar-refractivity contribution in [2.75, 3.05) is 13.3 Å². The molecular weight excluding hydrogens is 412 g/mol. The monoisotopic (exact) mass is 432 g/mol. The zero-order chi connectivity index (χ0) is 21.6. The van der Waals surface area contributed by atoms with Crippen LogP contribution in [-0.2, 0) is 32.7 Å². The van der Waals surface area contributed by atoms with Crippen molar-refractivity contribution in [3.05, 3.63) is 41.2 Å². The maximum absolute atomic E-state index is 12.9. The van der Waals surface area contributed by atoms with E-state index in [4.69, 9.17) is 0 Å². The number of amides is 3. The normalized spacial score (nSPS) is 19.4. The fourth-order valence-corrected chi connectivity index (χ4v) is 3.89. The van der Waals surface area contributed by atoms with Gasteiger partial charge in [0.05, 0.1) is 30.4 Å². The first kappa shape index (κ1) is 20.2. The van der Waals surface area contributed by atoms with Gasteiger partial charge in [0.1, 0.15) is 6.04 Å². The Hall–Kier alpha value is -3.12. The number of carbonyl (C=O) groups is 3. The van der Waals surface area contributed by atoms with Gasteiger partial charge in [-0.25, -0.2) is 13.1 Å². The molecule has 1 saturated heterocycles. The molecule has 1 aromatic heterocycles. The van der Waals surface area contributed by atoms with E-state index in [1.165, 1.54) is 16.6 Å². The molecule has 3 heterocycles. The van der Waals surface area contributed by atoms with Crippen molar-refractivity contribution < 1.29 is 22.8 Å². The largest absolute Gasteiger partial charge is 0.322 e. The average molecular weight is 432 g/mol. The first-order valence-corrected chi connectivity index (χ1v) is 11.1. The number of aromatic nitrogens is 3. The molecule has 11 nitrogen and oxygen atoms in total. The quantitative estimate of drug-likeness (QED) is 0.625. The van der Waals surface area contributed by atoms with Crippen LogP contribution in [0.2, 0.25) is 0 Å². The van der Waals surface area contributed by atoms with Crippen molar-refractivity contribution in [1.82, 2.24) is 29.5 Å². The van der Waals surface area contributed by atoms with Gasteiger partial charge in [0.2, 0.25) is 21.8 Å². The molecule has 1 N–H and O–H groups in total. The number of benzene rings is 1. The van der Waals surface area contributed by atoms with Gasteiger partial charge >= 0.3 is 0 Å². The summed E-state index contributed by atoms with van der Waals surface area (Å²) < 4.78 is 25.7. The van der Waals surface area contributed by atoms with Crippen LogP contribution >= 0.6 is 0 Å². The second-order valence-corrected chi connectivity index (χ2v) is 9.50. The summed E-state index contributed by atoms with van der Waals surface area (Å²) in [6.07, 6.45) is 3.21. The van der Waals surface area contributed by atoms with E-state index in [2.05, 4.69) is 15.6 Å². The summed E-state index contributed by atoms with van der Waals surface area (Å²) in [5, 5.41) is 10.3. The number of hydrogen-bond acceptors (Lipinski definition) is 7. The number of rotatable bonds is 5. The molecule has 12 heteroatoms. The summed E-state index contributed by atoms with van der Waals surface area (Å²) in [6.45, 7) is 0.370. The molecule has 158 valence electrons. The van der Waals surface area contributed by atoms with E-state index in [1.807, 2.05) is 0 Å². The van der Waals surface area contributed by atoms with Crippen molar-refractivity contribution in [2.45, 2.75) is 32.0 Å². The summed E-state index contributed by atoms with van der Waals surface area (Å²) in [4.78, 5) is 37.9. The van der Waals surface area contributed by atoms with E-state index in [1.54, 1.807) is 24.4 Å². The van der Waals surface area contributed by atoms with Crippen molar-refractivity contribution in [1.29, 1.82) is 0 Å². The summed E-state index contributed by atoms with van der Waals surface area (Å²) >= 11 is 0. The maximum atomic E-state index is 12.9. The van der Waals surface area contributed by atoms with E-state index >= 15 is 0 Å². The molecule has 2 aliphatic rings. The molecule has 30 heavy (non-hydrogen) atoms. The lowest BCUT2D eigenvalue weighted by Gasteiger charge is -2.29. The molecule has 0 bridgehead atoms. The number of hydrogen-bond donors (Lipinski definition) is 1. The van der Waals surface area contributed by atoms with E-state index < -0.39 is 22.0 Å². The highest BCUT2D eigenvalue weighted by Crippen LogP contribution is 2.29. The highest BCUT2D eigenvalue weighted by Gasteiger charge is 2.39. The molecule has 4 rings (SSSR count). The van der Waals surface area contributed by atoms with Gasteiger partial charge in [0.25, 0.3) is 5.91 Å². The lowest BCUT2D eigenvalue weighted by Crippen LogP contribution is -2.52. The molecule has 2 aliphatic heterocycles. The first-order chi connectivity index (χ1) is 14.1. The van der Waals surface area contributed by atoms with Crippen LogP contribution in [0.15, 0.2) is 24.4 Å². The van der Waals surface area contributed by atoms with Crippen LogP contribution in [0.25, 0.3) is 5.69 Å². The summed E-state index contributed by atoms with van der Waals surface area (Å²) in [5.74, 6) is -1.06. The second kappa shape index (κ2) is 7.29. The summed E-state index contributed by atoms with van der Waals surface area (Å²) in [6, 6.07) is 4.56. The third-order valence-corrected chi connectivity index (χ3v) is 6.53. The lowest BCUT2D eigenvalue weighted by molar-refractivity contribution is -0.136. The summed E-state index contributed by atoms with van der Waals surface area (Å²) in [5.41, 5.74) is 2.29. The highest BCUT2D eigenvalue weighted by molar-refractivity contribution is 7.88. The zero-order valence-corrected chi connectivity index (χ0v) is 17.2. The fraction of sp³-hybridized carbons (Fsp3) is 0.389. The van der Waals surface area contributed by atoms with Crippen LogP contribution in [0, 0.1) is 0 Å². The average Bonchev–Trinajstić information content (AvgIpc) is 3.26. The predicted octanol–water partition coefficient (Wildman–Crippen LogP) is -0.580. The van der Waals surface area contributed by atoms with Gasteiger partial charge in [0, 0.05) is 25.6 Å². The Morgan fingerprint density at radius 1 is 1.27 bits per heavy atom. The van der Waals surface area contributed by atoms with Gasteiger partial charge in [-0.05, 0) is 24.1 Å². The minimum atomic E-state index is -3.34. The van der Waals surface area contributed by atoms with Gasteiger partial charge in [-0.1, -0.05) is 11.3 Å². The molecule has 0 aliphatic carbocycles. The number of piperidine rings is 1. The second-order valence-electron chi connectivity index (χ2n) is 7.41. The Kier molecular flexibility index (Phi) is 4.90. The van der Waals surface area contributed by atoms with E-state index in [0.717, 1.165) is 16.1 Å². The van der Waals surface area contributed by atoms with E-state index in [9.17, 15) is 22.8 Å². The van der Waals surface area contributed by atoms with Gasteiger partial charge in [-0.3, -0.25) is 19.7 Å². The Morgan fingerprint density at radius 3 is 2.73 bits per heavy atom. The van der Waals surface area contributed by atoms with Gasteiger partial charge in [0.15, 0.2) is 0 Å². The van der Waals surface area contributed by atoms with Crippen molar-refractivity contribution in [3.8, 4) is 5.69 Å². The van der Waals surface area contributed by atoms with Crippen molar-refractivity contribution in [2.24, 2.45) is 0 Å². The minimum absolute atomic E-state index is 0.0754. The third kappa shape index (κ3) is 3.71. The SMILES string of the molecule is CN(Cc1cn(-c2ccc3c(c2)C(=O)N(C2CCC(=O)NC2=O)C3)nn1)S(C)(=O)=O. The molecule has 0 radical (unpaired) electrons. The zero-order valence-electron chi connectivity index (χ0n) is 16.4. The Labute approximate surface area is 172 Å². The Bertz CT molecular complexity index is 1160. The molecule has 2 aromatic rings. The van der Waals surface area contributed by atoms with Crippen molar-refractivity contribution in [3.63, 3.8) is 0 Å².